The predicted octanol–water partition coefficient (Wildman–Crippen LogP) is 3.60. The van der Waals surface area contributed by atoms with Crippen molar-refractivity contribution in [3.63, 3.8) is 0 Å². The van der Waals surface area contributed by atoms with E-state index in [1.807, 2.05) is 0 Å². The highest BCUT2D eigenvalue weighted by molar-refractivity contribution is 5.45. The Kier molecular flexibility index (Phi) is 5.08. The molecule has 0 unspecified atom stereocenters. The van der Waals surface area contributed by atoms with Gasteiger partial charge in [0.05, 0.1) is 19.2 Å². The first-order valence-electron chi connectivity index (χ1n) is 6.53. The van der Waals surface area contributed by atoms with E-state index in [9.17, 15) is 13.2 Å². The normalized spacial score (nSPS) is 11.1. The summed E-state index contributed by atoms with van der Waals surface area (Å²) >= 11 is 0. The molecule has 22 heavy (non-hydrogen) atoms. The first-order chi connectivity index (χ1) is 10.5. The standard InChI is InChI=1S/C15H15F3N2O2/c1-21-11-4-6-12(7-5-11)22-10-9-20-14-13(15(16,17)18)3-2-8-19-14/h2-8H,9-10H2,1H3,(H,19,20). The van der Waals surface area contributed by atoms with Gasteiger partial charge in [-0.05, 0) is 36.4 Å². The van der Waals surface area contributed by atoms with Gasteiger partial charge in [-0.25, -0.2) is 4.98 Å². The van der Waals surface area contributed by atoms with Crippen LogP contribution in [0.25, 0.3) is 0 Å². The average Bonchev–Trinajstić information content (AvgIpc) is 2.51. The Labute approximate surface area is 125 Å². The second kappa shape index (κ2) is 7.02. The maximum Gasteiger partial charge on any atom is 0.419 e. The monoisotopic (exact) mass is 312 g/mol. The lowest BCUT2D eigenvalue weighted by Crippen LogP contribution is -2.16. The first kappa shape index (κ1) is 15.9. The zero-order valence-corrected chi connectivity index (χ0v) is 11.9. The third-order valence-electron chi connectivity index (χ3n) is 2.84. The number of halogens is 3. The van der Waals surface area contributed by atoms with Crippen LogP contribution < -0.4 is 14.8 Å². The smallest absolute Gasteiger partial charge is 0.419 e. The van der Waals surface area contributed by atoms with Gasteiger partial charge in [0.25, 0.3) is 0 Å². The lowest BCUT2D eigenvalue weighted by Gasteiger charge is -2.13. The largest absolute Gasteiger partial charge is 0.497 e. The number of methoxy groups -OCH3 is 1. The molecule has 118 valence electrons. The molecular weight excluding hydrogens is 297 g/mol. The Balaban J connectivity index is 1.86. The second-order valence-corrected chi connectivity index (χ2v) is 4.35. The van der Waals surface area contributed by atoms with Gasteiger partial charge in [-0.2, -0.15) is 13.2 Å². The topological polar surface area (TPSA) is 43.4 Å². The number of hydrogen-bond acceptors (Lipinski definition) is 4. The SMILES string of the molecule is COc1ccc(OCCNc2ncccc2C(F)(F)F)cc1. The van der Waals surface area contributed by atoms with Crippen molar-refractivity contribution in [2.24, 2.45) is 0 Å². The van der Waals surface area contributed by atoms with Gasteiger partial charge >= 0.3 is 6.18 Å². The fourth-order valence-electron chi connectivity index (χ4n) is 1.79. The molecule has 4 nitrogen and oxygen atoms in total. The molecule has 0 aliphatic rings. The summed E-state index contributed by atoms with van der Waals surface area (Å²) in [6, 6.07) is 9.16. The zero-order chi connectivity index (χ0) is 16.0. The number of pyridine rings is 1. The summed E-state index contributed by atoms with van der Waals surface area (Å²) in [4.78, 5) is 3.71. The Morgan fingerprint density at radius 3 is 2.41 bits per heavy atom. The fourth-order valence-corrected chi connectivity index (χ4v) is 1.79. The van der Waals surface area contributed by atoms with Crippen LogP contribution in [0.5, 0.6) is 11.5 Å². The molecule has 2 aromatic rings. The summed E-state index contributed by atoms with van der Waals surface area (Å²) in [5.41, 5.74) is -0.792. The molecule has 0 spiro atoms. The Bertz CT molecular complexity index is 600. The first-order valence-corrected chi connectivity index (χ1v) is 6.53. The van der Waals surface area contributed by atoms with Crippen LogP contribution in [0.3, 0.4) is 0 Å². The molecule has 0 aliphatic heterocycles. The molecule has 0 atom stereocenters. The van der Waals surface area contributed by atoms with E-state index >= 15 is 0 Å². The molecule has 0 amide bonds. The van der Waals surface area contributed by atoms with Gasteiger partial charge in [-0.15, -0.1) is 0 Å². The summed E-state index contributed by atoms with van der Waals surface area (Å²) in [5.74, 6) is 1.11. The van der Waals surface area contributed by atoms with Gasteiger partial charge in [0.1, 0.15) is 23.9 Å². The van der Waals surface area contributed by atoms with E-state index in [1.165, 1.54) is 12.3 Å². The van der Waals surface area contributed by atoms with Crippen molar-refractivity contribution in [2.75, 3.05) is 25.6 Å². The molecule has 0 aliphatic carbocycles. The fraction of sp³-hybridized carbons (Fsp3) is 0.267. The van der Waals surface area contributed by atoms with E-state index in [-0.39, 0.29) is 19.0 Å². The van der Waals surface area contributed by atoms with Crippen LogP contribution in [-0.4, -0.2) is 25.2 Å². The lowest BCUT2D eigenvalue weighted by molar-refractivity contribution is -0.137. The van der Waals surface area contributed by atoms with Crippen molar-refractivity contribution in [3.05, 3.63) is 48.2 Å². The van der Waals surface area contributed by atoms with Crippen LogP contribution in [-0.2, 0) is 6.18 Å². The van der Waals surface area contributed by atoms with Gasteiger partial charge < -0.3 is 14.8 Å². The van der Waals surface area contributed by atoms with Crippen molar-refractivity contribution in [2.45, 2.75) is 6.18 Å². The number of hydrogen-bond donors (Lipinski definition) is 1. The van der Waals surface area contributed by atoms with E-state index in [2.05, 4.69) is 10.3 Å². The lowest BCUT2D eigenvalue weighted by atomic mass is 10.2. The number of nitrogens with one attached hydrogen (secondary N) is 1. The second-order valence-electron chi connectivity index (χ2n) is 4.35. The van der Waals surface area contributed by atoms with Crippen LogP contribution >= 0.6 is 0 Å². The maximum absolute atomic E-state index is 12.8. The van der Waals surface area contributed by atoms with Gasteiger partial charge in [-0.3, -0.25) is 0 Å². The number of benzene rings is 1. The van der Waals surface area contributed by atoms with E-state index in [4.69, 9.17) is 9.47 Å². The highest BCUT2D eigenvalue weighted by Gasteiger charge is 2.33. The number of aromatic nitrogens is 1. The van der Waals surface area contributed by atoms with Gasteiger partial charge in [0.15, 0.2) is 0 Å². The molecule has 0 saturated carbocycles. The number of rotatable bonds is 6. The Hall–Kier alpha value is -2.44. The third-order valence-corrected chi connectivity index (χ3v) is 2.84. The van der Waals surface area contributed by atoms with E-state index < -0.39 is 11.7 Å². The van der Waals surface area contributed by atoms with E-state index in [0.717, 1.165) is 6.07 Å². The molecule has 0 fully saturated rings. The molecule has 1 aromatic heterocycles. The average molecular weight is 312 g/mol. The minimum absolute atomic E-state index is 0.201. The van der Waals surface area contributed by atoms with Crippen LogP contribution in [0.4, 0.5) is 19.0 Å². The summed E-state index contributed by atoms with van der Waals surface area (Å²) in [6.07, 6.45) is -3.13. The number of anilines is 1. The van der Waals surface area contributed by atoms with Crippen molar-refractivity contribution >= 4 is 5.82 Å². The van der Waals surface area contributed by atoms with Crippen molar-refractivity contribution in [1.29, 1.82) is 0 Å². The van der Waals surface area contributed by atoms with E-state index in [0.29, 0.717) is 11.5 Å². The van der Waals surface area contributed by atoms with Crippen molar-refractivity contribution in [3.8, 4) is 11.5 Å². The molecule has 0 radical (unpaired) electrons. The van der Waals surface area contributed by atoms with E-state index in [1.54, 1.807) is 31.4 Å². The highest BCUT2D eigenvalue weighted by Crippen LogP contribution is 2.33. The van der Waals surface area contributed by atoms with Gasteiger partial charge in [0.2, 0.25) is 0 Å². The minimum atomic E-state index is -4.44. The highest BCUT2D eigenvalue weighted by atomic mass is 19.4. The Morgan fingerprint density at radius 1 is 1.09 bits per heavy atom. The molecular formula is C15H15F3N2O2. The summed E-state index contributed by atoms with van der Waals surface area (Å²) in [6.45, 7) is 0.409. The molecule has 2 rings (SSSR count). The van der Waals surface area contributed by atoms with Gasteiger partial charge in [0, 0.05) is 6.20 Å². The molecule has 1 heterocycles. The molecule has 1 N–H and O–H groups in total. The number of alkyl halides is 3. The molecule has 7 heteroatoms. The van der Waals surface area contributed by atoms with Crippen molar-refractivity contribution in [1.82, 2.24) is 4.98 Å². The molecule has 0 bridgehead atoms. The maximum atomic E-state index is 12.8. The molecule has 1 aromatic carbocycles. The summed E-state index contributed by atoms with van der Waals surface area (Å²) in [7, 11) is 1.56. The third kappa shape index (κ3) is 4.28. The van der Waals surface area contributed by atoms with Crippen LogP contribution in [0.1, 0.15) is 5.56 Å². The van der Waals surface area contributed by atoms with Crippen LogP contribution in [0, 0.1) is 0 Å². The van der Waals surface area contributed by atoms with Crippen molar-refractivity contribution < 1.29 is 22.6 Å². The van der Waals surface area contributed by atoms with Gasteiger partial charge in [-0.1, -0.05) is 0 Å². The zero-order valence-electron chi connectivity index (χ0n) is 11.9. The van der Waals surface area contributed by atoms with Crippen LogP contribution in [0.15, 0.2) is 42.6 Å². The minimum Gasteiger partial charge on any atom is -0.497 e. The Morgan fingerprint density at radius 2 is 1.77 bits per heavy atom. The predicted molar refractivity (Wildman–Crippen MR) is 76.2 cm³/mol. The number of nitrogens with zero attached hydrogens (tertiary/aromatic N) is 1. The molecule has 0 saturated heterocycles. The summed E-state index contributed by atoms with van der Waals surface area (Å²) in [5, 5.41) is 2.63. The quantitative estimate of drug-likeness (QED) is 0.828. The summed E-state index contributed by atoms with van der Waals surface area (Å²) < 4.78 is 48.8. The number of ether oxygens (including phenoxy) is 2. The van der Waals surface area contributed by atoms with Crippen LogP contribution in [0.2, 0.25) is 0 Å².